The van der Waals surface area contributed by atoms with Gasteiger partial charge in [-0.1, -0.05) is 0 Å². The second-order valence-corrected chi connectivity index (χ2v) is 4.23. The lowest BCUT2D eigenvalue weighted by Gasteiger charge is -2.31. The molecule has 0 bridgehead atoms. The van der Waals surface area contributed by atoms with Gasteiger partial charge in [0.05, 0.1) is 0 Å². The fourth-order valence-electron chi connectivity index (χ4n) is 1.98. The van der Waals surface area contributed by atoms with Gasteiger partial charge in [0.2, 0.25) is 0 Å². The van der Waals surface area contributed by atoms with E-state index in [-0.39, 0.29) is 11.9 Å². The second kappa shape index (κ2) is 5.14. The van der Waals surface area contributed by atoms with Crippen molar-refractivity contribution >= 4 is 11.6 Å². The van der Waals surface area contributed by atoms with Crippen LogP contribution < -0.4 is 5.73 Å². The average molecular weight is 235 g/mol. The highest BCUT2D eigenvalue weighted by molar-refractivity contribution is 5.93. The third-order valence-electron chi connectivity index (χ3n) is 3.06. The van der Waals surface area contributed by atoms with Crippen LogP contribution in [0.15, 0.2) is 18.3 Å². The van der Waals surface area contributed by atoms with Gasteiger partial charge in [-0.25, -0.2) is 0 Å². The number of amides is 1. The summed E-state index contributed by atoms with van der Waals surface area (Å²) in [6, 6.07) is 3.52. The summed E-state index contributed by atoms with van der Waals surface area (Å²) in [6.45, 7) is 1.43. The first-order valence-electron chi connectivity index (χ1n) is 5.75. The Morgan fingerprint density at radius 3 is 2.88 bits per heavy atom. The minimum atomic E-state index is -0.0794. The van der Waals surface area contributed by atoms with Crippen molar-refractivity contribution < 1.29 is 9.53 Å². The van der Waals surface area contributed by atoms with Gasteiger partial charge in [-0.15, -0.1) is 0 Å². The van der Waals surface area contributed by atoms with Crippen molar-refractivity contribution in [2.75, 3.05) is 26.0 Å². The number of nitrogen functional groups attached to an aromatic ring is 1. The first-order chi connectivity index (χ1) is 8.18. The van der Waals surface area contributed by atoms with Gasteiger partial charge >= 0.3 is 0 Å². The van der Waals surface area contributed by atoms with Gasteiger partial charge in [0.1, 0.15) is 5.69 Å². The number of pyridine rings is 1. The lowest BCUT2D eigenvalue weighted by Crippen LogP contribution is -2.40. The van der Waals surface area contributed by atoms with Crippen molar-refractivity contribution in [2.45, 2.75) is 18.9 Å². The van der Waals surface area contributed by atoms with Crippen LogP contribution in [0.4, 0.5) is 5.69 Å². The Morgan fingerprint density at radius 2 is 2.24 bits per heavy atom. The Labute approximate surface area is 101 Å². The zero-order valence-corrected chi connectivity index (χ0v) is 9.93. The molecule has 1 aromatic heterocycles. The SMILES string of the molecule is CN(C(=O)c1cc(N)ccn1)C1CCOCC1. The van der Waals surface area contributed by atoms with Crippen molar-refractivity contribution in [2.24, 2.45) is 0 Å². The summed E-state index contributed by atoms with van der Waals surface area (Å²) in [7, 11) is 1.81. The molecule has 0 spiro atoms. The quantitative estimate of drug-likeness (QED) is 0.827. The van der Waals surface area contributed by atoms with Crippen molar-refractivity contribution in [1.29, 1.82) is 0 Å². The van der Waals surface area contributed by atoms with Crippen LogP contribution in [0, 0.1) is 0 Å². The highest BCUT2D eigenvalue weighted by atomic mass is 16.5. The van der Waals surface area contributed by atoms with Crippen LogP contribution in [0.1, 0.15) is 23.3 Å². The maximum atomic E-state index is 12.2. The fourth-order valence-corrected chi connectivity index (χ4v) is 1.98. The Bertz CT molecular complexity index is 402. The number of rotatable bonds is 2. The molecule has 17 heavy (non-hydrogen) atoms. The van der Waals surface area contributed by atoms with E-state index in [2.05, 4.69) is 4.98 Å². The maximum absolute atomic E-state index is 12.2. The first kappa shape index (κ1) is 11.9. The minimum absolute atomic E-state index is 0.0794. The number of carbonyl (C=O) groups is 1. The molecule has 1 amide bonds. The molecule has 0 atom stereocenters. The number of anilines is 1. The summed E-state index contributed by atoms with van der Waals surface area (Å²) in [6.07, 6.45) is 3.31. The van der Waals surface area contributed by atoms with Gasteiger partial charge in [0, 0.05) is 38.2 Å². The van der Waals surface area contributed by atoms with E-state index in [1.54, 1.807) is 23.2 Å². The van der Waals surface area contributed by atoms with Crippen molar-refractivity contribution in [3.8, 4) is 0 Å². The van der Waals surface area contributed by atoms with Gasteiger partial charge in [-0.2, -0.15) is 0 Å². The lowest BCUT2D eigenvalue weighted by molar-refractivity contribution is 0.0359. The molecule has 1 saturated heterocycles. The smallest absolute Gasteiger partial charge is 0.272 e. The molecule has 1 fully saturated rings. The summed E-state index contributed by atoms with van der Waals surface area (Å²) in [5.41, 5.74) is 6.61. The Hall–Kier alpha value is -1.62. The molecule has 2 rings (SSSR count). The zero-order chi connectivity index (χ0) is 12.3. The molecule has 1 aliphatic heterocycles. The molecule has 0 unspecified atom stereocenters. The van der Waals surface area contributed by atoms with Crippen molar-refractivity contribution in [3.63, 3.8) is 0 Å². The van der Waals surface area contributed by atoms with Crippen LogP contribution in [0.25, 0.3) is 0 Å². The van der Waals surface area contributed by atoms with Crippen LogP contribution in [0.5, 0.6) is 0 Å². The summed E-state index contributed by atoms with van der Waals surface area (Å²) in [5.74, 6) is -0.0794. The van der Waals surface area contributed by atoms with Crippen LogP contribution >= 0.6 is 0 Å². The molecule has 5 nitrogen and oxygen atoms in total. The number of nitrogens with two attached hydrogens (primary N) is 1. The Balaban J connectivity index is 2.08. The number of carbonyl (C=O) groups excluding carboxylic acids is 1. The molecule has 0 aliphatic carbocycles. The molecule has 0 radical (unpaired) electrons. The third kappa shape index (κ3) is 2.74. The van der Waals surface area contributed by atoms with E-state index in [1.807, 2.05) is 7.05 Å². The standard InChI is InChI=1S/C12H17N3O2/c1-15(10-3-6-17-7-4-10)12(16)11-8-9(13)2-5-14-11/h2,5,8,10H,3-4,6-7H2,1H3,(H2,13,14). The summed E-state index contributed by atoms with van der Waals surface area (Å²) in [4.78, 5) is 18.0. The summed E-state index contributed by atoms with van der Waals surface area (Å²) in [5, 5.41) is 0. The van der Waals surface area contributed by atoms with E-state index in [0.717, 1.165) is 12.8 Å². The van der Waals surface area contributed by atoms with Gasteiger partial charge in [0.15, 0.2) is 0 Å². The van der Waals surface area contributed by atoms with Crippen LogP contribution in [0.3, 0.4) is 0 Å². The van der Waals surface area contributed by atoms with Crippen LogP contribution in [-0.4, -0.2) is 42.1 Å². The number of hydrogen-bond donors (Lipinski definition) is 1. The van der Waals surface area contributed by atoms with Crippen molar-refractivity contribution in [3.05, 3.63) is 24.0 Å². The molecular formula is C12H17N3O2. The molecular weight excluding hydrogens is 218 g/mol. The van der Waals surface area contributed by atoms with E-state index in [9.17, 15) is 4.79 Å². The molecule has 1 aromatic rings. The van der Waals surface area contributed by atoms with Gasteiger partial charge < -0.3 is 15.4 Å². The monoisotopic (exact) mass is 235 g/mol. The number of hydrogen-bond acceptors (Lipinski definition) is 4. The van der Waals surface area contributed by atoms with Gasteiger partial charge in [-0.3, -0.25) is 9.78 Å². The molecule has 0 aromatic carbocycles. The highest BCUT2D eigenvalue weighted by Gasteiger charge is 2.23. The second-order valence-electron chi connectivity index (χ2n) is 4.23. The number of aromatic nitrogens is 1. The van der Waals surface area contributed by atoms with E-state index in [1.165, 1.54) is 0 Å². The molecule has 2 heterocycles. The lowest BCUT2D eigenvalue weighted by atomic mass is 10.1. The minimum Gasteiger partial charge on any atom is -0.399 e. The zero-order valence-electron chi connectivity index (χ0n) is 9.93. The molecule has 2 N–H and O–H groups in total. The van der Waals surface area contributed by atoms with Gasteiger partial charge in [0.25, 0.3) is 5.91 Å². The fraction of sp³-hybridized carbons (Fsp3) is 0.500. The van der Waals surface area contributed by atoms with Crippen LogP contribution in [-0.2, 0) is 4.74 Å². The normalized spacial score (nSPS) is 16.8. The van der Waals surface area contributed by atoms with Crippen LogP contribution in [0.2, 0.25) is 0 Å². The van der Waals surface area contributed by atoms with Crippen molar-refractivity contribution in [1.82, 2.24) is 9.88 Å². The van der Waals surface area contributed by atoms with E-state index < -0.39 is 0 Å². The summed E-state index contributed by atoms with van der Waals surface area (Å²) < 4.78 is 5.28. The topological polar surface area (TPSA) is 68.5 Å². The van der Waals surface area contributed by atoms with E-state index >= 15 is 0 Å². The number of ether oxygens (including phenoxy) is 1. The Kier molecular flexibility index (Phi) is 3.58. The largest absolute Gasteiger partial charge is 0.399 e. The van der Waals surface area contributed by atoms with E-state index in [4.69, 9.17) is 10.5 Å². The first-order valence-corrected chi connectivity index (χ1v) is 5.75. The summed E-state index contributed by atoms with van der Waals surface area (Å²) >= 11 is 0. The predicted octanol–water partition coefficient (Wildman–Crippen LogP) is 0.915. The number of nitrogens with zero attached hydrogens (tertiary/aromatic N) is 2. The maximum Gasteiger partial charge on any atom is 0.272 e. The van der Waals surface area contributed by atoms with Gasteiger partial charge in [-0.05, 0) is 25.0 Å². The highest BCUT2D eigenvalue weighted by Crippen LogP contribution is 2.15. The molecule has 1 aliphatic rings. The Morgan fingerprint density at radius 1 is 1.53 bits per heavy atom. The molecule has 92 valence electrons. The molecule has 5 heteroatoms. The molecule has 0 saturated carbocycles. The predicted molar refractivity (Wildman–Crippen MR) is 64.6 cm³/mol. The third-order valence-corrected chi connectivity index (χ3v) is 3.06. The average Bonchev–Trinajstić information content (AvgIpc) is 2.38. The van der Waals surface area contributed by atoms with E-state index in [0.29, 0.717) is 24.6 Å².